The van der Waals surface area contributed by atoms with Crippen molar-refractivity contribution in [2.75, 3.05) is 5.73 Å². The Hall–Kier alpha value is -2.11. The molecule has 0 aliphatic carbocycles. The zero-order chi connectivity index (χ0) is 11.6. The molecule has 1 aromatic carbocycles. The largest absolute Gasteiger partial charge is 0.478 e. The van der Waals surface area contributed by atoms with Crippen molar-refractivity contribution in [1.29, 1.82) is 0 Å². The van der Waals surface area contributed by atoms with Crippen molar-refractivity contribution in [2.45, 2.75) is 13.3 Å². The van der Waals surface area contributed by atoms with E-state index < -0.39 is 10.9 Å². The lowest BCUT2D eigenvalue weighted by Crippen LogP contribution is -2.06. The predicted molar refractivity (Wildman–Crippen MR) is 53.8 cm³/mol. The molecule has 0 aliphatic heterocycles. The maximum Gasteiger partial charge on any atom is 0.338 e. The van der Waals surface area contributed by atoms with Crippen LogP contribution in [0.5, 0.6) is 0 Å². The number of nitrogens with zero attached hydrogens (tertiary/aromatic N) is 1. The molecule has 1 aromatic rings. The standard InChI is InChI=1S/C9H10N2O4/c1-2-5-3-6(11(14)15)4-7(8(5)10)9(12)13/h3-4H,2,10H2,1H3,(H,12,13). The van der Waals surface area contributed by atoms with Crippen molar-refractivity contribution in [3.63, 3.8) is 0 Å². The Bertz CT molecular complexity index is 428. The summed E-state index contributed by atoms with van der Waals surface area (Å²) in [7, 11) is 0. The number of carboxylic acids is 1. The van der Waals surface area contributed by atoms with Gasteiger partial charge in [0.05, 0.1) is 10.5 Å². The SMILES string of the molecule is CCc1cc([N+](=O)[O-])cc(C(=O)O)c1N. The van der Waals surface area contributed by atoms with Crippen LogP contribution in [-0.2, 0) is 6.42 Å². The number of hydrogen-bond donors (Lipinski definition) is 2. The highest BCUT2D eigenvalue weighted by atomic mass is 16.6. The van der Waals surface area contributed by atoms with Crippen LogP contribution in [0.1, 0.15) is 22.8 Å². The van der Waals surface area contributed by atoms with E-state index in [4.69, 9.17) is 10.8 Å². The van der Waals surface area contributed by atoms with E-state index in [0.29, 0.717) is 12.0 Å². The number of nitrogens with two attached hydrogens (primary N) is 1. The summed E-state index contributed by atoms with van der Waals surface area (Å²) in [5.74, 6) is -1.26. The topological polar surface area (TPSA) is 106 Å². The van der Waals surface area contributed by atoms with E-state index in [-0.39, 0.29) is 16.9 Å². The highest BCUT2D eigenvalue weighted by Crippen LogP contribution is 2.25. The third-order valence-electron chi connectivity index (χ3n) is 2.07. The summed E-state index contributed by atoms with van der Waals surface area (Å²) in [6.45, 7) is 1.75. The molecule has 0 saturated carbocycles. The Labute approximate surface area is 85.5 Å². The number of nitro groups is 1. The smallest absolute Gasteiger partial charge is 0.338 e. The van der Waals surface area contributed by atoms with Gasteiger partial charge in [0.2, 0.25) is 0 Å². The van der Waals surface area contributed by atoms with Gasteiger partial charge in [-0.2, -0.15) is 0 Å². The van der Waals surface area contributed by atoms with Crippen LogP contribution in [0.25, 0.3) is 0 Å². The molecule has 0 fully saturated rings. The first-order valence-corrected chi connectivity index (χ1v) is 4.27. The summed E-state index contributed by atoms with van der Waals surface area (Å²) in [4.78, 5) is 20.7. The summed E-state index contributed by atoms with van der Waals surface area (Å²) < 4.78 is 0. The van der Waals surface area contributed by atoms with E-state index in [9.17, 15) is 14.9 Å². The average molecular weight is 210 g/mol. The molecule has 0 bridgehead atoms. The van der Waals surface area contributed by atoms with E-state index in [1.807, 2.05) is 0 Å². The van der Waals surface area contributed by atoms with Gasteiger partial charge in [0, 0.05) is 17.8 Å². The van der Waals surface area contributed by atoms with Crippen LogP contribution in [-0.4, -0.2) is 16.0 Å². The third-order valence-corrected chi connectivity index (χ3v) is 2.07. The zero-order valence-electron chi connectivity index (χ0n) is 8.06. The first-order chi connectivity index (χ1) is 6.97. The molecule has 0 aliphatic rings. The van der Waals surface area contributed by atoms with Crippen LogP contribution < -0.4 is 5.73 Å². The first kappa shape index (κ1) is 11.0. The van der Waals surface area contributed by atoms with E-state index in [2.05, 4.69) is 0 Å². The normalized spacial score (nSPS) is 9.93. The van der Waals surface area contributed by atoms with Crippen molar-refractivity contribution >= 4 is 17.3 Å². The van der Waals surface area contributed by atoms with Crippen molar-refractivity contribution in [2.24, 2.45) is 0 Å². The van der Waals surface area contributed by atoms with Gasteiger partial charge in [-0.1, -0.05) is 6.92 Å². The highest BCUT2D eigenvalue weighted by Gasteiger charge is 2.17. The molecule has 80 valence electrons. The molecule has 15 heavy (non-hydrogen) atoms. The van der Waals surface area contributed by atoms with Crippen molar-refractivity contribution in [3.8, 4) is 0 Å². The van der Waals surface area contributed by atoms with Gasteiger partial charge in [-0.05, 0) is 12.0 Å². The van der Waals surface area contributed by atoms with Crippen LogP contribution in [0.15, 0.2) is 12.1 Å². The zero-order valence-corrected chi connectivity index (χ0v) is 8.06. The summed E-state index contributed by atoms with van der Waals surface area (Å²) >= 11 is 0. The van der Waals surface area contributed by atoms with Gasteiger partial charge in [0.25, 0.3) is 5.69 Å². The lowest BCUT2D eigenvalue weighted by Gasteiger charge is -2.06. The molecule has 0 heterocycles. The number of benzene rings is 1. The molecular weight excluding hydrogens is 200 g/mol. The maximum atomic E-state index is 10.8. The van der Waals surface area contributed by atoms with E-state index in [1.54, 1.807) is 6.92 Å². The van der Waals surface area contributed by atoms with E-state index in [0.717, 1.165) is 6.07 Å². The first-order valence-electron chi connectivity index (χ1n) is 4.27. The minimum atomic E-state index is -1.26. The highest BCUT2D eigenvalue weighted by molar-refractivity contribution is 5.95. The second-order valence-electron chi connectivity index (χ2n) is 2.98. The Morgan fingerprint density at radius 1 is 1.60 bits per heavy atom. The van der Waals surface area contributed by atoms with Gasteiger partial charge >= 0.3 is 5.97 Å². The number of rotatable bonds is 3. The third kappa shape index (κ3) is 2.04. The Kier molecular flexibility index (Phi) is 2.89. The number of hydrogen-bond acceptors (Lipinski definition) is 4. The minimum Gasteiger partial charge on any atom is -0.478 e. The Morgan fingerprint density at radius 3 is 2.60 bits per heavy atom. The van der Waals surface area contributed by atoms with Gasteiger partial charge in [0.1, 0.15) is 0 Å². The molecule has 0 radical (unpaired) electrons. The summed E-state index contributed by atoms with van der Waals surface area (Å²) in [5.41, 5.74) is 5.65. The number of aryl methyl sites for hydroxylation is 1. The second kappa shape index (κ2) is 3.95. The van der Waals surface area contributed by atoms with Gasteiger partial charge in [0.15, 0.2) is 0 Å². The van der Waals surface area contributed by atoms with Gasteiger partial charge in [-0.3, -0.25) is 10.1 Å². The minimum absolute atomic E-state index is 0.0931. The molecule has 0 amide bonds. The van der Waals surface area contributed by atoms with Crippen LogP contribution in [0.4, 0.5) is 11.4 Å². The Balaban J connectivity index is 3.45. The van der Waals surface area contributed by atoms with Gasteiger partial charge < -0.3 is 10.8 Å². The fourth-order valence-corrected chi connectivity index (χ4v) is 1.27. The number of nitrogen functional groups attached to an aromatic ring is 1. The van der Waals surface area contributed by atoms with Gasteiger partial charge in [-0.25, -0.2) is 4.79 Å². The molecule has 6 nitrogen and oxygen atoms in total. The second-order valence-corrected chi connectivity index (χ2v) is 2.98. The lowest BCUT2D eigenvalue weighted by atomic mass is 10.0. The molecule has 0 spiro atoms. The van der Waals surface area contributed by atoms with Crippen LogP contribution >= 0.6 is 0 Å². The number of aromatic carboxylic acids is 1. The van der Waals surface area contributed by atoms with Crippen LogP contribution in [0.3, 0.4) is 0 Å². The molecule has 3 N–H and O–H groups in total. The fourth-order valence-electron chi connectivity index (χ4n) is 1.27. The van der Waals surface area contributed by atoms with Crippen LogP contribution in [0.2, 0.25) is 0 Å². The number of carboxylic acid groups (broad SMARTS) is 1. The van der Waals surface area contributed by atoms with E-state index in [1.165, 1.54) is 6.07 Å². The molecule has 6 heteroatoms. The maximum absolute atomic E-state index is 10.8. The summed E-state index contributed by atoms with van der Waals surface area (Å²) in [6.07, 6.45) is 0.452. The molecular formula is C9H10N2O4. The van der Waals surface area contributed by atoms with Crippen molar-refractivity contribution < 1.29 is 14.8 Å². The van der Waals surface area contributed by atoms with E-state index >= 15 is 0 Å². The number of carbonyl (C=O) groups is 1. The Morgan fingerprint density at radius 2 is 2.20 bits per heavy atom. The molecule has 0 aromatic heterocycles. The predicted octanol–water partition coefficient (Wildman–Crippen LogP) is 1.44. The number of anilines is 1. The molecule has 0 unspecified atom stereocenters. The molecule has 0 saturated heterocycles. The molecule has 0 atom stereocenters. The van der Waals surface area contributed by atoms with Gasteiger partial charge in [-0.15, -0.1) is 0 Å². The number of nitro benzene ring substituents is 1. The van der Waals surface area contributed by atoms with Crippen LogP contribution in [0, 0.1) is 10.1 Å². The molecule has 1 rings (SSSR count). The number of non-ortho nitro benzene ring substituents is 1. The van der Waals surface area contributed by atoms with Crippen molar-refractivity contribution in [3.05, 3.63) is 33.4 Å². The van der Waals surface area contributed by atoms with Crippen molar-refractivity contribution in [1.82, 2.24) is 0 Å². The summed E-state index contributed by atoms with van der Waals surface area (Å²) in [5, 5.41) is 19.3. The monoisotopic (exact) mass is 210 g/mol. The fraction of sp³-hybridized carbons (Fsp3) is 0.222. The average Bonchev–Trinajstić information content (AvgIpc) is 2.17. The lowest BCUT2D eigenvalue weighted by molar-refractivity contribution is -0.384. The summed E-state index contributed by atoms with van der Waals surface area (Å²) in [6, 6.07) is 2.26. The quantitative estimate of drug-likeness (QED) is 0.446.